The molecular formula is C19H23N3O7S. The first kappa shape index (κ1) is 23.1. The number of nitrogens with one attached hydrogen (secondary N) is 1. The quantitative estimate of drug-likeness (QED) is 0.368. The molecule has 0 aliphatic carbocycles. The van der Waals surface area contributed by atoms with Crippen molar-refractivity contribution in [3.05, 3.63) is 54.1 Å². The monoisotopic (exact) mass is 437 g/mol. The Balaban J connectivity index is 2.27. The van der Waals surface area contributed by atoms with E-state index in [4.69, 9.17) is 15.3 Å². The molecule has 11 heteroatoms. The smallest absolute Gasteiger partial charge is 0.322 e. The van der Waals surface area contributed by atoms with E-state index in [2.05, 4.69) is 0 Å². The Morgan fingerprint density at radius 1 is 1.20 bits per heavy atom. The third-order valence-corrected chi connectivity index (χ3v) is 5.60. The third kappa shape index (κ3) is 6.17. The van der Waals surface area contributed by atoms with Crippen molar-refractivity contribution in [2.45, 2.75) is 24.0 Å². The van der Waals surface area contributed by atoms with E-state index in [-0.39, 0.29) is 22.9 Å². The van der Waals surface area contributed by atoms with Crippen molar-refractivity contribution in [2.75, 3.05) is 19.9 Å². The van der Waals surface area contributed by atoms with Crippen LogP contribution in [0.1, 0.15) is 12.0 Å². The predicted molar refractivity (Wildman–Crippen MR) is 108 cm³/mol. The second-order valence-electron chi connectivity index (χ2n) is 6.27. The van der Waals surface area contributed by atoms with Gasteiger partial charge in [-0.05, 0) is 17.7 Å². The number of carbonyl (C=O) groups is 2. The van der Waals surface area contributed by atoms with E-state index in [0.717, 1.165) is 10.6 Å². The average molecular weight is 437 g/mol. The molecule has 30 heavy (non-hydrogen) atoms. The van der Waals surface area contributed by atoms with Gasteiger partial charge in [0.2, 0.25) is 15.9 Å². The van der Waals surface area contributed by atoms with Crippen molar-refractivity contribution in [3.8, 4) is 5.75 Å². The van der Waals surface area contributed by atoms with Crippen LogP contribution in [0, 0.1) is 0 Å². The normalized spacial score (nSPS) is 12.2. The largest absolute Gasteiger partial charge is 0.487 e. The molecule has 0 aromatic heterocycles. The highest BCUT2D eigenvalue weighted by Crippen LogP contribution is 2.27. The topological polar surface area (TPSA) is 148 Å². The number of carbonyl (C=O) groups excluding carboxylic acids is 1. The lowest BCUT2D eigenvalue weighted by atomic mass is 10.2. The highest BCUT2D eigenvalue weighted by atomic mass is 32.2. The van der Waals surface area contributed by atoms with E-state index < -0.39 is 34.4 Å². The number of ether oxygens (including phenoxy) is 1. The minimum atomic E-state index is -4.36. The number of anilines is 1. The maximum Gasteiger partial charge on any atom is 0.322 e. The lowest BCUT2D eigenvalue weighted by Gasteiger charge is -2.19. The van der Waals surface area contributed by atoms with Gasteiger partial charge in [-0.3, -0.25) is 14.4 Å². The minimum absolute atomic E-state index is 0.0455. The first-order chi connectivity index (χ1) is 14.1. The van der Waals surface area contributed by atoms with Crippen molar-refractivity contribution in [1.82, 2.24) is 9.79 Å². The summed E-state index contributed by atoms with van der Waals surface area (Å²) in [5.74, 6) is -2.28. The van der Waals surface area contributed by atoms with Gasteiger partial charge in [-0.1, -0.05) is 30.3 Å². The Morgan fingerprint density at radius 3 is 2.47 bits per heavy atom. The average Bonchev–Trinajstić information content (AvgIpc) is 2.71. The molecule has 0 bridgehead atoms. The van der Waals surface area contributed by atoms with E-state index in [1.165, 1.54) is 32.4 Å². The molecule has 0 spiro atoms. The van der Waals surface area contributed by atoms with Crippen molar-refractivity contribution in [1.29, 1.82) is 0 Å². The van der Waals surface area contributed by atoms with Gasteiger partial charge < -0.3 is 15.6 Å². The second-order valence-corrected chi connectivity index (χ2v) is 7.95. The number of nitrogens with two attached hydrogens (primary N) is 1. The zero-order valence-electron chi connectivity index (χ0n) is 16.4. The summed E-state index contributed by atoms with van der Waals surface area (Å²) in [6, 6.07) is 11.2. The Hall–Kier alpha value is -3.15. The number of carboxylic acid groups (broad SMARTS) is 1. The van der Waals surface area contributed by atoms with E-state index in [0.29, 0.717) is 0 Å². The number of carboxylic acids is 1. The number of nitrogens with zero attached hydrogens (tertiary/aromatic N) is 1. The van der Waals surface area contributed by atoms with Gasteiger partial charge in [0.05, 0.1) is 13.5 Å². The molecule has 0 radical (unpaired) electrons. The number of hydrogen-bond donors (Lipinski definition) is 3. The second kappa shape index (κ2) is 10.1. The van der Waals surface area contributed by atoms with Crippen LogP contribution >= 0.6 is 0 Å². The van der Waals surface area contributed by atoms with E-state index in [9.17, 15) is 23.1 Å². The lowest BCUT2D eigenvalue weighted by molar-refractivity contribution is -0.170. The summed E-state index contributed by atoms with van der Waals surface area (Å²) in [6.07, 6.45) is -0.645. The van der Waals surface area contributed by atoms with Crippen LogP contribution in [0.2, 0.25) is 0 Å². The fraction of sp³-hybridized carbons (Fsp3) is 0.263. The number of sulfonamides is 1. The van der Waals surface area contributed by atoms with Gasteiger partial charge in [-0.15, -0.1) is 0 Å². The molecule has 2 aromatic rings. The minimum Gasteiger partial charge on any atom is -0.487 e. The van der Waals surface area contributed by atoms with Crippen LogP contribution in [-0.4, -0.2) is 50.7 Å². The molecule has 1 atom stereocenters. The third-order valence-electron chi connectivity index (χ3n) is 4.09. The first-order valence-corrected chi connectivity index (χ1v) is 10.2. The van der Waals surface area contributed by atoms with Crippen LogP contribution in [0.5, 0.6) is 5.75 Å². The molecule has 10 nitrogen and oxygen atoms in total. The van der Waals surface area contributed by atoms with Crippen LogP contribution in [0.15, 0.2) is 53.4 Å². The summed E-state index contributed by atoms with van der Waals surface area (Å²) in [6.45, 7) is 0.0757. The van der Waals surface area contributed by atoms with Crippen molar-refractivity contribution in [2.24, 2.45) is 0 Å². The van der Waals surface area contributed by atoms with Gasteiger partial charge >= 0.3 is 5.97 Å². The summed E-state index contributed by atoms with van der Waals surface area (Å²) in [4.78, 5) is 27.9. The maximum absolute atomic E-state index is 12.9. The van der Waals surface area contributed by atoms with Crippen LogP contribution in [0.3, 0.4) is 0 Å². The van der Waals surface area contributed by atoms with E-state index in [1.807, 2.05) is 22.9 Å². The molecular weight excluding hydrogens is 414 g/mol. The Morgan fingerprint density at radius 2 is 1.87 bits per heavy atom. The fourth-order valence-electron chi connectivity index (χ4n) is 2.43. The molecule has 0 fully saturated rings. The zero-order chi connectivity index (χ0) is 22.3. The molecule has 0 aliphatic rings. The number of nitrogen functional groups attached to an aromatic ring is 1. The predicted octanol–water partition coefficient (Wildman–Crippen LogP) is 0.989. The molecule has 0 saturated heterocycles. The summed E-state index contributed by atoms with van der Waals surface area (Å²) in [5, 5.41) is 10.2. The Labute approximate surface area is 174 Å². The standard InChI is InChI=1S/C19H23N3O7S/c1-22(28-2)18(23)11-15(19(24)25)21-30(26,27)17-9-8-14(20)10-16(17)29-12-13-6-4-3-5-7-13/h3-10,15,21H,11-12,20H2,1-2H3,(H,24,25). The fourth-order valence-corrected chi connectivity index (χ4v) is 3.75. The van der Waals surface area contributed by atoms with Crippen molar-refractivity contribution in [3.63, 3.8) is 0 Å². The van der Waals surface area contributed by atoms with Gasteiger partial charge in [0.1, 0.15) is 23.3 Å². The number of hydroxylamine groups is 2. The van der Waals surface area contributed by atoms with Gasteiger partial charge in [-0.25, -0.2) is 13.5 Å². The van der Waals surface area contributed by atoms with Gasteiger partial charge in [0.25, 0.3) is 0 Å². The number of aliphatic carboxylic acids is 1. The van der Waals surface area contributed by atoms with E-state index in [1.54, 1.807) is 12.1 Å². The van der Waals surface area contributed by atoms with Crippen LogP contribution in [0.4, 0.5) is 5.69 Å². The zero-order valence-corrected chi connectivity index (χ0v) is 17.3. The summed E-state index contributed by atoms with van der Waals surface area (Å²) >= 11 is 0. The lowest BCUT2D eigenvalue weighted by Crippen LogP contribution is -2.44. The van der Waals surface area contributed by atoms with E-state index >= 15 is 0 Å². The molecule has 0 heterocycles. The summed E-state index contributed by atoms with van der Waals surface area (Å²) in [5.41, 5.74) is 6.82. The van der Waals surface area contributed by atoms with Crippen LogP contribution in [0.25, 0.3) is 0 Å². The first-order valence-electron chi connectivity index (χ1n) is 8.76. The molecule has 2 rings (SSSR count). The molecule has 2 aromatic carbocycles. The Kier molecular flexibility index (Phi) is 7.75. The summed E-state index contributed by atoms with van der Waals surface area (Å²) < 4.78 is 33.4. The van der Waals surface area contributed by atoms with Crippen LogP contribution in [-0.2, 0) is 31.1 Å². The SMILES string of the molecule is CON(C)C(=O)CC(NS(=O)(=O)c1ccc(N)cc1OCc1ccccc1)C(=O)O. The molecule has 4 N–H and O–H groups in total. The van der Waals surface area contributed by atoms with Gasteiger partial charge in [0, 0.05) is 18.8 Å². The number of rotatable bonds is 10. The van der Waals surface area contributed by atoms with Crippen molar-refractivity contribution < 1.29 is 32.7 Å². The maximum atomic E-state index is 12.9. The highest BCUT2D eigenvalue weighted by molar-refractivity contribution is 7.89. The van der Waals surface area contributed by atoms with Gasteiger partial charge in [0.15, 0.2) is 0 Å². The number of hydrogen-bond acceptors (Lipinski definition) is 7. The number of benzene rings is 2. The number of amides is 1. The Bertz CT molecular complexity index is 996. The van der Waals surface area contributed by atoms with Gasteiger partial charge in [-0.2, -0.15) is 4.72 Å². The molecule has 0 saturated carbocycles. The highest BCUT2D eigenvalue weighted by Gasteiger charge is 2.30. The summed E-state index contributed by atoms with van der Waals surface area (Å²) in [7, 11) is -1.85. The van der Waals surface area contributed by atoms with Crippen molar-refractivity contribution >= 4 is 27.6 Å². The molecule has 162 valence electrons. The molecule has 0 aliphatic heterocycles. The molecule has 1 unspecified atom stereocenters. The molecule has 1 amide bonds. The van der Waals surface area contributed by atoms with Crippen LogP contribution < -0.4 is 15.2 Å².